The summed E-state index contributed by atoms with van der Waals surface area (Å²) < 4.78 is 2.40. The van der Waals surface area contributed by atoms with Gasteiger partial charge in [-0.2, -0.15) is 0 Å². The highest BCUT2D eigenvalue weighted by molar-refractivity contribution is 6.22. The van der Waals surface area contributed by atoms with Crippen LogP contribution in [-0.4, -0.2) is 19.5 Å². The molecular weight excluding hydrogens is 645 g/mol. The average Bonchev–Trinajstić information content (AvgIpc) is 3.55. The Balaban J connectivity index is 1.19. The topological polar surface area (TPSA) is 43.6 Å². The van der Waals surface area contributed by atoms with Crippen LogP contribution < -0.4 is 0 Å². The van der Waals surface area contributed by atoms with Crippen LogP contribution >= 0.6 is 0 Å². The van der Waals surface area contributed by atoms with Crippen molar-refractivity contribution in [2.45, 2.75) is 0 Å². The summed E-state index contributed by atoms with van der Waals surface area (Å²) in [5.41, 5.74) is 12.7. The summed E-state index contributed by atoms with van der Waals surface area (Å²) in [6.07, 6.45) is 2.35. The van der Waals surface area contributed by atoms with Gasteiger partial charge in [0.15, 0.2) is 17.5 Å². The van der Waals surface area contributed by atoms with Crippen molar-refractivity contribution in [2.75, 3.05) is 0 Å². The average molecular weight is 675 g/mol. The van der Waals surface area contributed by atoms with Crippen LogP contribution in [0.4, 0.5) is 0 Å². The van der Waals surface area contributed by atoms with Gasteiger partial charge in [-0.1, -0.05) is 158 Å². The van der Waals surface area contributed by atoms with Crippen LogP contribution in [0.1, 0.15) is 0 Å². The van der Waals surface area contributed by atoms with Gasteiger partial charge in [0.2, 0.25) is 0 Å². The smallest absolute Gasteiger partial charge is 0.164 e. The standard InChI is InChI=1S/C49H30N4/c1-3-15-31(16-4-1)47-50-48(32-17-5-2-6-18-32)52-49(51-47)41-27-28-43(39-25-13-11-24-38(39)41)53-30-42-37-23-10-9-21-35(37)36-22-12-14-26-40(36)45-34-20-8-7-19-33(34)29-44(53)46(42)45/h1-30H. The summed E-state index contributed by atoms with van der Waals surface area (Å²) >= 11 is 0. The van der Waals surface area contributed by atoms with Crippen LogP contribution in [0.25, 0.3) is 106 Å². The Morgan fingerprint density at radius 3 is 1.55 bits per heavy atom. The largest absolute Gasteiger partial charge is 0.315 e. The lowest BCUT2D eigenvalue weighted by atomic mass is 9.91. The summed E-state index contributed by atoms with van der Waals surface area (Å²) in [5.74, 6) is 1.94. The summed E-state index contributed by atoms with van der Waals surface area (Å²) in [6, 6.07) is 62.2. The summed E-state index contributed by atoms with van der Waals surface area (Å²) in [5, 5.41) is 5.95. The van der Waals surface area contributed by atoms with Gasteiger partial charge in [0, 0.05) is 44.8 Å². The second-order valence-electron chi connectivity index (χ2n) is 13.6. The molecule has 53 heavy (non-hydrogen) atoms. The molecule has 11 rings (SSSR count). The van der Waals surface area contributed by atoms with Crippen LogP contribution in [0.15, 0.2) is 182 Å². The Hall–Kier alpha value is -7.17. The van der Waals surface area contributed by atoms with Crippen LogP contribution in [0, 0.1) is 0 Å². The lowest BCUT2D eigenvalue weighted by Gasteiger charge is -2.16. The Bertz CT molecular complexity index is 2990. The first-order valence-electron chi connectivity index (χ1n) is 18.0. The minimum atomic E-state index is 0.645. The molecule has 0 fully saturated rings. The Kier molecular flexibility index (Phi) is 6.52. The van der Waals surface area contributed by atoms with Crippen LogP contribution in [0.5, 0.6) is 0 Å². The highest BCUT2D eigenvalue weighted by atomic mass is 15.0. The van der Waals surface area contributed by atoms with Gasteiger partial charge in [-0.25, -0.2) is 15.0 Å². The number of fused-ring (bicyclic) bond motifs is 8. The highest BCUT2D eigenvalue weighted by Gasteiger charge is 2.26. The van der Waals surface area contributed by atoms with Gasteiger partial charge in [-0.3, -0.25) is 0 Å². The summed E-state index contributed by atoms with van der Waals surface area (Å²) in [6.45, 7) is 0. The van der Waals surface area contributed by atoms with E-state index in [1.54, 1.807) is 0 Å². The molecule has 10 aromatic rings. The third-order valence-corrected chi connectivity index (χ3v) is 10.6. The maximum atomic E-state index is 5.10. The van der Waals surface area contributed by atoms with E-state index >= 15 is 0 Å². The van der Waals surface area contributed by atoms with Gasteiger partial charge in [-0.15, -0.1) is 0 Å². The van der Waals surface area contributed by atoms with Gasteiger partial charge in [0.25, 0.3) is 0 Å². The van der Waals surface area contributed by atoms with Crippen molar-refractivity contribution in [3.63, 3.8) is 0 Å². The van der Waals surface area contributed by atoms with Crippen LogP contribution in [0.3, 0.4) is 0 Å². The van der Waals surface area contributed by atoms with Crippen molar-refractivity contribution in [1.82, 2.24) is 19.5 Å². The van der Waals surface area contributed by atoms with Gasteiger partial charge in [0.05, 0.1) is 11.2 Å². The predicted molar refractivity (Wildman–Crippen MR) is 218 cm³/mol. The molecule has 0 bridgehead atoms. The van der Waals surface area contributed by atoms with Crippen LogP contribution in [-0.2, 0) is 0 Å². The molecule has 0 aliphatic heterocycles. The third kappa shape index (κ3) is 4.59. The van der Waals surface area contributed by atoms with Gasteiger partial charge >= 0.3 is 0 Å². The van der Waals surface area contributed by atoms with E-state index in [1.807, 2.05) is 60.7 Å². The molecule has 0 atom stereocenters. The molecule has 0 radical (unpaired) electrons. The van der Waals surface area contributed by atoms with Crippen molar-refractivity contribution in [2.24, 2.45) is 0 Å². The minimum absolute atomic E-state index is 0.645. The Labute approximate surface area is 306 Å². The van der Waals surface area contributed by atoms with E-state index in [-0.39, 0.29) is 0 Å². The zero-order chi connectivity index (χ0) is 34.9. The minimum Gasteiger partial charge on any atom is -0.315 e. The third-order valence-electron chi connectivity index (χ3n) is 10.6. The molecule has 0 spiro atoms. The molecule has 4 nitrogen and oxygen atoms in total. The second kappa shape index (κ2) is 11.7. The lowest BCUT2D eigenvalue weighted by molar-refractivity contribution is 1.07. The molecule has 0 unspecified atom stereocenters. The first kappa shape index (κ1) is 29.5. The molecule has 0 saturated carbocycles. The van der Waals surface area contributed by atoms with Gasteiger partial charge in [-0.05, 0) is 56.6 Å². The molecule has 2 aromatic heterocycles. The van der Waals surface area contributed by atoms with E-state index in [4.69, 9.17) is 15.0 Å². The molecule has 1 aliphatic carbocycles. The normalized spacial score (nSPS) is 11.8. The molecule has 0 saturated heterocycles. The monoisotopic (exact) mass is 674 g/mol. The first-order chi connectivity index (χ1) is 26.3. The van der Waals surface area contributed by atoms with Gasteiger partial charge < -0.3 is 4.57 Å². The molecule has 8 aromatic carbocycles. The van der Waals surface area contributed by atoms with Crippen molar-refractivity contribution >= 4 is 32.4 Å². The quantitative estimate of drug-likeness (QED) is 0.187. The number of aromatic nitrogens is 4. The molecule has 0 N–H and O–H groups in total. The highest BCUT2D eigenvalue weighted by Crippen LogP contribution is 2.51. The van der Waals surface area contributed by atoms with Gasteiger partial charge in [0.1, 0.15) is 0 Å². The molecule has 2 heterocycles. The zero-order valence-electron chi connectivity index (χ0n) is 28.6. The number of benzene rings is 8. The van der Waals surface area contributed by atoms with Crippen molar-refractivity contribution in [3.05, 3.63) is 182 Å². The maximum Gasteiger partial charge on any atom is 0.164 e. The summed E-state index contributed by atoms with van der Waals surface area (Å²) in [4.78, 5) is 15.1. The fraction of sp³-hybridized carbons (Fsp3) is 0. The fourth-order valence-corrected chi connectivity index (χ4v) is 8.25. The van der Waals surface area contributed by atoms with E-state index in [9.17, 15) is 0 Å². The number of hydrogen-bond acceptors (Lipinski definition) is 3. The number of nitrogens with zero attached hydrogens (tertiary/aromatic N) is 4. The predicted octanol–water partition coefficient (Wildman–Crippen LogP) is 12.4. The van der Waals surface area contributed by atoms with E-state index in [1.165, 1.54) is 55.1 Å². The molecular formula is C49H30N4. The molecule has 4 heteroatoms. The maximum absolute atomic E-state index is 5.10. The van der Waals surface area contributed by atoms with E-state index in [0.29, 0.717) is 17.5 Å². The summed E-state index contributed by atoms with van der Waals surface area (Å²) in [7, 11) is 0. The van der Waals surface area contributed by atoms with E-state index in [0.717, 1.165) is 33.2 Å². The Morgan fingerprint density at radius 2 is 0.868 bits per heavy atom. The van der Waals surface area contributed by atoms with Crippen molar-refractivity contribution in [1.29, 1.82) is 0 Å². The molecule has 1 aliphatic rings. The first-order valence-corrected chi connectivity index (χ1v) is 18.0. The second-order valence-corrected chi connectivity index (χ2v) is 13.6. The van der Waals surface area contributed by atoms with Crippen molar-refractivity contribution < 1.29 is 0 Å². The lowest BCUT2D eigenvalue weighted by Crippen LogP contribution is -2.01. The fourth-order valence-electron chi connectivity index (χ4n) is 8.25. The Morgan fingerprint density at radius 1 is 0.358 bits per heavy atom. The zero-order valence-corrected chi connectivity index (χ0v) is 28.6. The molecule has 246 valence electrons. The number of hydrogen-bond donors (Lipinski definition) is 0. The van der Waals surface area contributed by atoms with E-state index in [2.05, 4.69) is 126 Å². The van der Waals surface area contributed by atoms with E-state index < -0.39 is 0 Å². The van der Waals surface area contributed by atoms with Crippen molar-refractivity contribution in [3.8, 4) is 73.2 Å². The van der Waals surface area contributed by atoms with Crippen LogP contribution in [0.2, 0.25) is 0 Å². The molecule has 0 amide bonds. The number of rotatable bonds is 4. The SMILES string of the molecule is c1ccc(-c2nc(-c3ccccc3)nc(-c3ccc(-n4cc5c6c(c7ccccc7cc64)-c4ccccc4-c4ccccc4-5)c4ccccc34)n2)cc1.